The summed E-state index contributed by atoms with van der Waals surface area (Å²) < 4.78 is 10.7. The molecule has 0 aromatic heterocycles. The minimum absolute atomic E-state index is 0.649. The molecule has 0 fully saturated rings. The highest BCUT2D eigenvalue weighted by molar-refractivity contribution is 5.98. The molecule has 1 heterocycles. The maximum atomic E-state index is 5.49. The van der Waals surface area contributed by atoms with Crippen molar-refractivity contribution >= 4 is 17.3 Å². The number of benzene rings is 2. The van der Waals surface area contributed by atoms with Gasteiger partial charge in [-0.05, 0) is 29.8 Å². The van der Waals surface area contributed by atoms with Crippen LogP contribution in [0.25, 0.3) is 5.70 Å². The van der Waals surface area contributed by atoms with Crippen molar-refractivity contribution in [3.63, 3.8) is 0 Å². The largest absolute Gasteiger partial charge is 0.497 e. The van der Waals surface area contributed by atoms with Crippen LogP contribution in [0.15, 0.2) is 65.7 Å². The number of aliphatic imine (C=N–C) groups is 1. The Bertz CT molecular complexity index is 676. The van der Waals surface area contributed by atoms with Crippen molar-refractivity contribution in [2.24, 2.45) is 4.99 Å². The number of methoxy groups -OCH3 is 1. The first-order valence-electron chi connectivity index (χ1n) is 7.20. The summed E-state index contributed by atoms with van der Waals surface area (Å²) in [4.78, 5) is 4.33. The van der Waals surface area contributed by atoms with Gasteiger partial charge >= 0.3 is 0 Å². The van der Waals surface area contributed by atoms with E-state index in [0.29, 0.717) is 12.5 Å². The van der Waals surface area contributed by atoms with Crippen molar-refractivity contribution in [3.05, 3.63) is 66.2 Å². The van der Waals surface area contributed by atoms with Gasteiger partial charge in [-0.2, -0.15) is 0 Å². The summed E-state index contributed by atoms with van der Waals surface area (Å²) in [6.07, 6.45) is 1.94. The van der Waals surface area contributed by atoms with Crippen LogP contribution in [-0.4, -0.2) is 26.2 Å². The number of ether oxygens (including phenoxy) is 2. The first-order chi connectivity index (χ1) is 10.8. The monoisotopic (exact) mass is 294 g/mol. The Morgan fingerprint density at radius 2 is 1.91 bits per heavy atom. The smallest absolute Gasteiger partial charge is 0.210 e. The van der Waals surface area contributed by atoms with Crippen LogP contribution in [0.1, 0.15) is 5.56 Å². The fourth-order valence-electron chi connectivity index (χ4n) is 2.20. The molecule has 0 unspecified atom stereocenters. The normalized spacial score (nSPS) is 14.2. The molecule has 0 saturated heterocycles. The molecule has 112 valence electrons. The van der Waals surface area contributed by atoms with Gasteiger partial charge in [0.05, 0.1) is 19.4 Å². The van der Waals surface area contributed by atoms with Gasteiger partial charge in [0.1, 0.15) is 12.4 Å². The lowest BCUT2D eigenvalue weighted by Crippen LogP contribution is -2.03. The number of hydrogen-bond acceptors (Lipinski definition) is 4. The SMILES string of the molecule is COc1ccc(N/C(=C/C2=NCCO2)c2ccccc2)cc1. The van der Waals surface area contributed by atoms with Crippen LogP contribution in [0.2, 0.25) is 0 Å². The van der Waals surface area contributed by atoms with E-state index < -0.39 is 0 Å². The topological polar surface area (TPSA) is 42.8 Å². The number of rotatable bonds is 5. The molecular formula is C18H18N2O2. The minimum Gasteiger partial charge on any atom is -0.497 e. The standard InChI is InChI=1S/C18H18N2O2/c1-21-16-9-7-15(8-10-16)20-17(13-18-19-11-12-22-18)14-5-3-2-4-6-14/h2-10,13,20H,11-12H2,1H3/b17-13+. The van der Waals surface area contributed by atoms with Gasteiger partial charge in [-0.25, -0.2) is 4.99 Å². The van der Waals surface area contributed by atoms with E-state index >= 15 is 0 Å². The van der Waals surface area contributed by atoms with Crippen LogP contribution in [0.3, 0.4) is 0 Å². The summed E-state index contributed by atoms with van der Waals surface area (Å²) in [5, 5.41) is 3.42. The van der Waals surface area contributed by atoms with Gasteiger partial charge in [0, 0.05) is 11.8 Å². The van der Waals surface area contributed by atoms with Crippen molar-refractivity contribution in [2.75, 3.05) is 25.6 Å². The molecule has 0 spiro atoms. The van der Waals surface area contributed by atoms with Gasteiger partial charge in [-0.15, -0.1) is 0 Å². The van der Waals surface area contributed by atoms with Gasteiger partial charge in [0.25, 0.3) is 0 Å². The molecule has 0 bridgehead atoms. The maximum absolute atomic E-state index is 5.49. The van der Waals surface area contributed by atoms with E-state index in [1.165, 1.54) is 0 Å². The first-order valence-corrected chi connectivity index (χ1v) is 7.20. The van der Waals surface area contributed by atoms with Gasteiger partial charge < -0.3 is 14.8 Å². The van der Waals surface area contributed by atoms with E-state index in [4.69, 9.17) is 9.47 Å². The first kappa shape index (κ1) is 14.2. The summed E-state index contributed by atoms with van der Waals surface area (Å²) in [5.41, 5.74) is 3.01. The van der Waals surface area contributed by atoms with Crippen LogP contribution >= 0.6 is 0 Å². The zero-order valence-corrected chi connectivity index (χ0v) is 12.5. The fourth-order valence-corrected chi connectivity index (χ4v) is 2.20. The molecule has 22 heavy (non-hydrogen) atoms. The molecule has 0 amide bonds. The fraction of sp³-hybridized carbons (Fsp3) is 0.167. The van der Waals surface area contributed by atoms with E-state index in [-0.39, 0.29) is 0 Å². The third-order valence-electron chi connectivity index (χ3n) is 3.33. The summed E-state index contributed by atoms with van der Waals surface area (Å²) in [6.45, 7) is 1.37. The van der Waals surface area contributed by atoms with E-state index in [0.717, 1.165) is 29.2 Å². The minimum atomic E-state index is 0.649. The quantitative estimate of drug-likeness (QED) is 0.916. The third kappa shape index (κ3) is 3.47. The summed E-state index contributed by atoms with van der Waals surface area (Å²) in [7, 11) is 1.66. The Kier molecular flexibility index (Phi) is 4.39. The molecule has 0 radical (unpaired) electrons. The summed E-state index contributed by atoms with van der Waals surface area (Å²) in [6, 6.07) is 17.9. The van der Waals surface area contributed by atoms with Gasteiger partial charge in [-0.1, -0.05) is 30.3 Å². The lowest BCUT2D eigenvalue weighted by molar-refractivity contribution is 0.350. The molecule has 4 nitrogen and oxygen atoms in total. The number of nitrogens with zero attached hydrogens (tertiary/aromatic N) is 1. The molecule has 0 atom stereocenters. The average molecular weight is 294 g/mol. The van der Waals surface area contributed by atoms with Crippen LogP contribution in [0, 0.1) is 0 Å². The Morgan fingerprint density at radius 3 is 2.55 bits per heavy atom. The molecule has 2 aromatic rings. The lowest BCUT2D eigenvalue weighted by Gasteiger charge is -2.12. The predicted octanol–water partition coefficient (Wildman–Crippen LogP) is 3.58. The van der Waals surface area contributed by atoms with Gasteiger partial charge in [-0.3, -0.25) is 0 Å². The summed E-state index contributed by atoms with van der Waals surface area (Å²) >= 11 is 0. The number of anilines is 1. The van der Waals surface area contributed by atoms with Crippen molar-refractivity contribution in [1.82, 2.24) is 0 Å². The van der Waals surface area contributed by atoms with Crippen LogP contribution in [-0.2, 0) is 4.74 Å². The van der Waals surface area contributed by atoms with Crippen LogP contribution in [0.4, 0.5) is 5.69 Å². The van der Waals surface area contributed by atoms with Crippen LogP contribution in [0.5, 0.6) is 5.75 Å². The zero-order valence-electron chi connectivity index (χ0n) is 12.5. The molecule has 1 aliphatic rings. The predicted molar refractivity (Wildman–Crippen MR) is 89.3 cm³/mol. The zero-order chi connectivity index (χ0) is 15.2. The molecule has 1 aliphatic heterocycles. The molecular weight excluding hydrogens is 276 g/mol. The van der Waals surface area contributed by atoms with Crippen molar-refractivity contribution < 1.29 is 9.47 Å². The highest BCUT2D eigenvalue weighted by Crippen LogP contribution is 2.21. The molecule has 1 N–H and O–H groups in total. The maximum Gasteiger partial charge on any atom is 0.210 e. The molecule has 0 aliphatic carbocycles. The second-order valence-corrected chi connectivity index (χ2v) is 4.85. The Labute approximate surface area is 130 Å². The van der Waals surface area contributed by atoms with Crippen molar-refractivity contribution in [3.8, 4) is 5.75 Å². The van der Waals surface area contributed by atoms with Crippen molar-refractivity contribution in [2.45, 2.75) is 0 Å². The Hall–Kier alpha value is -2.75. The number of hydrogen-bond donors (Lipinski definition) is 1. The second kappa shape index (κ2) is 6.80. The third-order valence-corrected chi connectivity index (χ3v) is 3.33. The van der Waals surface area contributed by atoms with Gasteiger partial charge in [0.15, 0.2) is 0 Å². The molecule has 3 rings (SSSR count). The molecule has 0 saturated carbocycles. The van der Waals surface area contributed by atoms with E-state index in [2.05, 4.69) is 22.4 Å². The number of nitrogens with one attached hydrogen (secondary N) is 1. The van der Waals surface area contributed by atoms with Crippen molar-refractivity contribution in [1.29, 1.82) is 0 Å². The average Bonchev–Trinajstić information content (AvgIpc) is 3.09. The van der Waals surface area contributed by atoms with E-state index in [1.807, 2.05) is 48.5 Å². The molecule has 2 aromatic carbocycles. The highest BCUT2D eigenvalue weighted by atomic mass is 16.5. The summed E-state index contributed by atoms with van der Waals surface area (Å²) in [5.74, 6) is 1.50. The van der Waals surface area contributed by atoms with E-state index in [9.17, 15) is 0 Å². The Morgan fingerprint density at radius 1 is 1.14 bits per heavy atom. The van der Waals surface area contributed by atoms with E-state index in [1.54, 1.807) is 7.11 Å². The van der Waals surface area contributed by atoms with Gasteiger partial charge in [0.2, 0.25) is 5.90 Å². The highest BCUT2D eigenvalue weighted by Gasteiger charge is 2.08. The Balaban J connectivity index is 1.87. The lowest BCUT2D eigenvalue weighted by atomic mass is 10.1. The van der Waals surface area contributed by atoms with Crippen LogP contribution < -0.4 is 10.1 Å². The second-order valence-electron chi connectivity index (χ2n) is 4.85. The molecule has 4 heteroatoms.